The number of alkyl halides is 4. The number of nitrogens with zero attached hydrogens (tertiary/aromatic N) is 2. The summed E-state index contributed by atoms with van der Waals surface area (Å²) in [5.74, 6) is 1.08. The molecule has 0 aliphatic carbocycles. The fourth-order valence-electron chi connectivity index (χ4n) is 2.99. The molecule has 0 spiro atoms. The lowest BCUT2D eigenvalue weighted by Crippen LogP contribution is -2.33. The van der Waals surface area contributed by atoms with Gasteiger partial charge >= 0.3 is 12.5 Å². The highest BCUT2D eigenvalue weighted by molar-refractivity contribution is 7.98. The average molecular weight is 493 g/mol. The second kappa shape index (κ2) is 10.2. The Hall–Kier alpha value is -3.47. The third kappa shape index (κ3) is 5.71. The van der Waals surface area contributed by atoms with Crippen molar-refractivity contribution in [2.45, 2.75) is 30.1 Å². The number of aromatic amines is 1. The largest absolute Gasteiger partial charge is 0.491 e. The van der Waals surface area contributed by atoms with Gasteiger partial charge in [0, 0.05) is 17.9 Å². The first-order chi connectivity index (χ1) is 16.3. The number of ether oxygens (including phenoxy) is 3. The van der Waals surface area contributed by atoms with Crippen LogP contribution in [0.2, 0.25) is 0 Å². The molecule has 0 amide bonds. The summed E-state index contributed by atoms with van der Waals surface area (Å²) in [7, 11) is 1.53. The average Bonchev–Trinajstić information content (AvgIpc) is 3.24. The van der Waals surface area contributed by atoms with Gasteiger partial charge in [-0.15, -0.1) is 0 Å². The molecule has 2 aromatic heterocycles. The Balaban J connectivity index is 1.43. The minimum Gasteiger partial charge on any atom is -0.491 e. The van der Waals surface area contributed by atoms with Crippen LogP contribution in [-0.4, -0.2) is 34.6 Å². The van der Waals surface area contributed by atoms with E-state index < -0.39 is 18.3 Å². The number of H-pyrrole nitrogens is 1. The van der Waals surface area contributed by atoms with Crippen molar-refractivity contribution in [3.63, 3.8) is 0 Å². The van der Waals surface area contributed by atoms with Gasteiger partial charge in [0.25, 0.3) is 0 Å². The van der Waals surface area contributed by atoms with E-state index in [0.29, 0.717) is 45.7 Å². The number of rotatable bonds is 10. The molecule has 0 saturated heterocycles. The van der Waals surface area contributed by atoms with Crippen molar-refractivity contribution in [3.8, 4) is 17.2 Å². The third-order valence-electron chi connectivity index (χ3n) is 4.64. The molecule has 0 bridgehead atoms. The highest BCUT2D eigenvalue weighted by Gasteiger charge is 2.44. The lowest BCUT2D eigenvalue weighted by atomic mass is 10.2. The number of hydrogen-bond acceptors (Lipinski definition) is 6. The van der Waals surface area contributed by atoms with Crippen LogP contribution in [0, 0.1) is 0 Å². The van der Waals surface area contributed by atoms with Gasteiger partial charge < -0.3 is 19.2 Å². The van der Waals surface area contributed by atoms with E-state index in [2.05, 4.69) is 19.7 Å². The normalized spacial score (nSPS) is 11.7. The number of nitrogens with one attached hydrogen (secondary N) is 1. The molecule has 0 radical (unpaired) electrons. The maximum absolute atomic E-state index is 13.2. The van der Waals surface area contributed by atoms with Gasteiger partial charge in [-0.05, 0) is 17.7 Å². The molecule has 2 aromatic carbocycles. The molecule has 0 atom stereocenters. The van der Waals surface area contributed by atoms with Gasteiger partial charge in [0.2, 0.25) is 0 Å². The number of halogens is 4. The molecule has 0 aliphatic rings. The van der Waals surface area contributed by atoms with Crippen LogP contribution < -0.4 is 14.2 Å². The fraction of sp³-hybridized carbons (Fsp3) is 0.217. The number of benzene rings is 2. The first kappa shape index (κ1) is 23.7. The monoisotopic (exact) mass is 493 g/mol. The molecule has 0 saturated carbocycles. The number of aromatic nitrogens is 3. The van der Waals surface area contributed by atoms with E-state index in [1.165, 1.54) is 31.0 Å². The van der Waals surface area contributed by atoms with Gasteiger partial charge in [-0.25, -0.2) is 4.98 Å². The summed E-state index contributed by atoms with van der Waals surface area (Å²) in [6.45, 7) is 0.367. The predicted molar refractivity (Wildman–Crippen MR) is 119 cm³/mol. The van der Waals surface area contributed by atoms with Gasteiger partial charge in [-0.3, -0.25) is 4.98 Å². The van der Waals surface area contributed by atoms with Crippen LogP contribution >= 0.6 is 11.8 Å². The molecule has 178 valence electrons. The van der Waals surface area contributed by atoms with Crippen molar-refractivity contribution in [3.05, 3.63) is 72.1 Å². The van der Waals surface area contributed by atoms with Gasteiger partial charge in [-0.2, -0.15) is 17.6 Å². The summed E-state index contributed by atoms with van der Waals surface area (Å²) < 4.78 is 66.4. The van der Waals surface area contributed by atoms with E-state index in [0.717, 1.165) is 11.6 Å². The van der Waals surface area contributed by atoms with Gasteiger partial charge in [-0.1, -0.05) is 42.1 Å². The molecule has 11 heteroatoms. The van der Waals surface area contributed by atoms with Gasteiger partial charge in [0.05, 0.1) is 30.0 Å². The van der Waals surface area contributed by atoms with Crippen molar-refractivity contribution >= 4 is 22.8 Å². The van der Waals surface area contributed by atoms with Crippen LogP contribution in [0.5, 0.6) is 17.2 Å². The second-order valence-corrected chi connectivity index (χ2v) is 8.04. The maximum Gasteiger partial charge on any atom is 0.461 e. The summed E-state index contributed by atoms with van der Waals surface area (Å²) in [4.78, 5) is 11.7. The molecule has 4 rings (SSSR count). The number of pyridine rings is 1. The van der Waals surface area contributed by atoms with E-state index in [1.54, 1.807) is 12.3 Å². The number of methoxy groups -OCH3 is 1. The van der Waals surface area contributed by atoms with Crippen molar-refractivity contribution in [1.29, 1.82) is 0 Å². The van der Waals surface area contributed by atoms with Crippen LogP contribution in [-0.2, 0) is 12.4 Å². The van der Waals surface area contributed by atoms with Crippen LogP contribution in [0.1, 0.15) is 11.3 Å². The molecule has 2 heterocycles. The molecule has 0 aliphatic heterocycles. The lowest BCUT2D eigenvalue weighted by molar-refractivity contribution is -0.253. The third-order valence-corrected chi connectivity index (χ3v) is 5.55. The van der Waals surface area contributed by atoms with Gasteiger partial charge in [0.15, 0.2) is 16.7 Å². The smallest absolute Gasteiger partial charge is 0.461 e. The van der Waals surface area contributed by atoms with Crippen LogP contribution in [0.25, 0.3) is 11.0 Å². The van der Waals surface area contributed by atoms with E-state index in [9.17, 15) is 17.6 Å². The van der Waals surface area contributed by atoms with E-state index in [-0.39, 0.29) is 0 Å². The van der Waals surface area contributed by atoms with E-state index >= 15 is 0 Å². The van der Waals surface area contributed by atoms with Crippen molar-refractivity contribution in [2.75, 3.05) is 7.11 Å². The van der Waals surface area contributed by atoms with Gasteiger partial charge in [0.1, 0.15) is 12.4 Å². The van der Waals surface area contributed by atoms with Crippen LogP contribution in [0.4, 0.5) is 17.6 Å². The van der Waals surface area contributed by atoms with E-state index in [1.807, 2.05) is 30.3 Å². The predicted octanol–water partition coefficient (Wildman–Crippen LogP) is 6.07. The molecular weight excluding hydrogens is 474 g/mol. The van der Waals surface area contributed by atoms with Crippen LogP contribution in [0.15, 0.2) is 66.0 Å². The summed E-state index contributed by atoms with van der Waals surface area (Å²) in [6.07, 6.45) is -6.94. The molecule has 0 fully saturated rings. The highest BCUT2D eigenvalue weighted by atomic mass is 32.2. The summed E-state index contributed by atoms with van der Waals surface area (Å²) in [6, 6.07) is 15.2. The topological polar surface area (TPSA) is 69.3 Å². The fourth-order valence-corrected chi connectivity index (χ4v) is 3.77. The molecule has 0 unspecified atom stereocenters. The first-order valence-electron chi connectivity index (χ1n) is 10.0. The maximum atomic E-state index is 13.2. The number of fused-ring (bicyclic) bond motifs is 1. The number of imidazole rings is 1. The molecule has 4 aromatic rings. The first-order valence-corrected chi connectivity index (χ1v) is 11.0. The van der Waals surface area contributed by atoms with E-state index in [4.69, 9.17) is 9.47 Å². The van der Waals surface area contributed by atoms with Crippen molar-refractivity contribution in [2.24, 2.45) is 0 Å². The Morgan fingerprint density at radius 2 is 1.85 bits per heavy atom. The summed E-state index contributed by atoms with van der Waals surface area (Å²) in [5, 5.41) is 0.497. The summed E-state index contributed by atoms with van der Waals surface area (Å²) >= 11 is 1.33. The zero-order valence-corrected chi connectivity index (χ0v) is 18.6. The second-order valence-electron chi connectivity index (χ2n) is 7.07. The molecule has 34 heavy (non-hydrogen) atoms. The Labute approximate surface area is 196 Å². The Kier molecular flexibility index (Phi) is 7.11. The minimum atomic E-state index is -4.58. The molecule has 6 nitrogen and oxygen atoms in total. The SMILES string of the molecule is COc1cnc(CSc2nc3ccc(OC(F)(F)C(F)F)cc3[nH]2)cc1OCc1ccccc1. The standard InChI is InChI=1S/C23H19F4N3O3S/c1-31-20-11-28-15(9-19(20)32-12-14-5-3-2-4-6-14)13-34-22-29-17-8-7-16(10-18(17)30-22)33-23(26,27)21(24)25/h2-11,21H,12-13H2,1H3,(H,29,30). The molecule has 1 N–H and O–H groups in total. The van der Waals surface area contributed by atoms with Crippen molar-refractivity contribution < 1.29 is 31.8 Å². The number of thioether (sulfide) groups is 1. The summed E-state index contributed by atoms with van der Waals surface area (Å²) in [5.41, 5.74) is 2.56. The Morgan fingerprint density at radius 1 is 1.06 bits per heavy atom. The Bertz CT molecular complexity index is 1250. The number of hydrogen-bond donors (Lipinski definition) is 1. The van der Waals surface area contributed by atoms with Crippen molar-refractivity contribution in [1.82, 2.24) is 15.0 Å². The quantitative estimate of drug-likeness (QED) is 0.214. The molecular formula is C23H19F4N3O3S. The zero-order chi connectivity index (χ0) is 24.1. The lowest BCUT2D eigenvalue weighted by Gasteiger charge is -2.16. The Morgan fingerprint density at radius 3 is 2.59 bits per heavy atom. The van der Waals surface area contributed by atoms with Crippen LogP contribution in [0.3, 0.4) is 0 Å². The minimum absolute atomic E-state index is 0.367. The zero-order valence-electron chi connectivity index (χ0n) is 17.8. The highest BCUT2D eigenvalue weighted by Crippen LogP contribution is 2.32.